The Balaban J connectivity index is 1.11. The van der Waals surface area contributed by atoms with Crippen molar-refractivity contribution in [2.75, 3.05) is 0 Å². The van der Waals surface area contributed by atoms with Gasteiger partial charge in [0.1, 0.15) is 5.69 Å². The van der Waals surface area contributed by atoms with Crippen molar-refractivity contribution in [2.24, 2.45) is 34.5 Å². The van der Waals surface area contributed by atoms with Gasteiger partial charge in [-0.05, 0) is 68.6 Å². The number of carbonyl (C=O) groups is 2. The third-order valence-electron chi connectivity index (χ3n) is 10.7. The molecule has 1 saturated heterocycles. The van der Waals surface area contributed by atoms with Crippen molar-refractivity contribution in [3.63, 3.8) is 0 Å². The Morgan fingerprint density at radius 1 is 1.19 bits per heavy atom. The van der Waals surface area contributed by atoms with Gasteiger partial charge in [-0.15, -0.1) is 5.10 Å². The molecule has 6 rings (SSSR count). The first-order valence-electron chi connectivity index (χ1n) is 13.8. The van der Waals surface area contributed by atoms with Gasteiger partial charge in [0.15, 0.2) is 0 Å². The van der Waals surface area contributed by atoms with Crippen LogP contribution in [0.15, 0.2) is 42.2 Å². The summed E-state index contributed by atoms with van der Waals surface area (Å²) in [6, 6.07) is 0.511. The summed E-state index contributed by atoms with van der Waals surface area (Å²) in [6.45, 7) is 7.27. The molecule has 1 unspecified atom stereocenters. The second-order valence-electron chi connectivity index (χ2n) is 12.4. The van der Waals surface area contributed by atoms with Crippen LogP contribution >= 0.6 is 0 Å². The average Bonchev–Trinajstić information content (AvgIpc) is 3.62. The average molecular weight is 490 g/mol. The lowest BCUT2D eigenvalue weighted by Gasteiger charge is -2.59. The van der Waals surface area contributed by atoms with E-state index in [1.165, 1.54) is 0 Å². The van der Waals surface area contributed by atoms with Crippen LogP contribution in [0.1, 0.15) is 77.5 Å². The predicted octanol–water partition coefficient (Wildman–Crippen LogP) is 4.26. The normalized spacial score (nSPS) is 38.1. The van der Waals surface area contributed by atoms with Gasteiger partial charge in [-0.25, -0.2) is 4.68 Å². The smallest absolute Gasteiger partial charge is 0.247 e. The molecule has 192 valence electrons. The van der Waals surface area contributed by atoms with Crippen molar-refractivity contribution in [3.05, 3.63) is 47.8 Å². The molecule has 4 aliphatic carbocycles. The minimum atomic E-state index is -0.0698. The van der Waals surface area contributed by atoms with E-state index < -0.39 is 0 Å². The third-order valence-corrected chi connectivity index (χ3v) is 10.7. The van der Waals surface area contributed by atoms with Gasteiger partial charge < -0.3 is 10.6 Å². The topological polar surface area (TPSA) is 88.9 Å². The Hall–Kier alpha value is -2.70. The molecule has 2 N–H and O–H groups in total. The lowest BCUT2D eigenvalue weighted by molar-refractivity contribution is -0.136. The molecular weight excluding hydrogens is 450 g/mol. The van der Waals surface area contributed by atoms with E-state index in [0.717, 1.165) is 49.8 Å². The molecule has 1 aromatic rings. The Labute approximate surface area is 213 Å². The summed E-state index contributed by atoms with van der Waals surface area (Å²) in [5.41, 5.74) is 1.88. The van der Waals surface area contributed by atoms with Gasteiger partial charge >= 0.3 is 0 Å². The number of nitrogens with one attached hydrogen (secondary N) is 2. The van der Waals surface area contributed by atoms with Crippen LogP contribution in [0, 0.1) is 34.5 Å². The second kappa shape index (κ2) is 8.70. The van der Waals surface area contributed by atoms with Gasteiger partial charge in [0.05, 0.1) is 18.8 Å². The van der Waals surface area contributed by atoms with Crippen LogP contribution in [0.2, 0.25) is 0 Å². The fourth-order valence-electron chi connectivity index (χ4n) is 8.43. The van der Waals surface area contributed by atoms with Gasteiger partial charge in [-0.2, -0.15) is 0 Å². The number of hydrogen-bond acceptors (Lipinski definition) is 4. The quantitative estimate of drug-likeness (QED) is 0.647. The maximum atomic E-state index is 13.4. The molecule has 7 nitrogen and oxygen atoms in total. The van der Waals surface area contributed by atoms with Crippen molar-refractivity contribution in [2.45, 2.75) is 84.3 Å². The Morgan fingerprint density at radius 3 is 2.81 bits per heavy atom. The van der Waals surface area contributed by atoms with Crippen molar-refractivity contribution in [1.29, 1.82) is 0 Å². The number of hydrogen-bond donors (Lipinski definition) is 2. The zero-order valence-corrected chi connectivity index (χ0v) is 21.7. The summed E-state index contributed by atoms with van der Waals surface area (Å²) >= 11 is 0. The highest BCUT2D eigenvalue weighted by Gasteiger charge is 2.59. The summed E-state index contributed by atoms with van der Waals surface area (Å²) in [7, 11) is 0. The van der Waals surface area contributed by atoms with E-state index in [0.29, 0.717) is 42.7 Å². The van der Waals surface area contributed by atoms with E-state index in [1.54, 1.807) is 0 Å². The van der Waals surface area contributed by atoms with Crippen molar-refractivity contribution >= 4 is 11.8 Å². The minimum absolute atomic E-state index is 0.0486. The fraction of sp³-hybridized carbons (Fsp3) is 0.655. The first-order valence-corrected chi connectivity index (χ1v) is 13.8. The predicted molar refractivity (Wildman–Crippen MR) is 137 cm³/mol. The number of allylic oxidation sites excluding steroid dienone is 5. The molecule has 3 fully saturated rings. The zero-order chi connectivity index (χ0) is 25.1. The number of fused-ring (bicyclic) bond motifs is 5. The lowest BCUT2D eigenvalue weighted by atomic mass is 9.47. The van der Waals surface area contributed by atoms with Crippen LogP contribution in [-0.2, 0) is 16.1 Å². The van der Waals surface area contributed by atoms with Gasteiger partial charge in [0.25, 0.3) is 0 Å². The number of piperidine rings is 1. The summed E-state index contributed by atoms with van der Waals surface area (Å²) in [5.74, 6) is 2.37. The number of aromatic nitrogens is 3. The number of carbonyl (C=O) groups excluding carboxylic acids is 2. The molecule has 36 heavy (non-hydrogen) atoms. The lowest BCUT2D eigenvalue weighted by Crippen LogP contribution is -2.61. The minimum Gasteiger partial charge on any atom is -0.353 e. The highest BCUT2D eigenvalue weighted by atomic mass is 16.2. The molecule has 0 bridgehead atoms. The molecule has 7 heteroatoms. The van der Waals surface area contributed by atoms with Crippen LogP contribution in [0.3, 0.4) is 0 Å². The number of nitrogens with zero attached hydrogens (tertiary/aromatic N) is 3. The molecular formula is C29H39N5O2. The molecule has 2 heterocycles. The first kappa shape index (κ1) is 23.7. The van der Waals surface area contributed by atoms with Crippen LogP contribution in [0.4, 0.5) is 0 Å². The van der Waals surface area contributed by atoms with E-state index in [1.807, 2.05) is 10.9 Å². The summed E-state index contributed by atoms with van der Waals surface area (Å²) in [4.78, 5) is 25.5. The SMILES string of the molecule is CC(C1C=CC=C1)n1cc(CNC(=O)C2=CC[C@H]3[C@@H]4CC[C@H]5NC(=O)CC[C@]5(C)[C@H]4CC[C@]23C)nn1. The summed E-state index contributed by atoms with van der Waals surface area (Å²) in [5, 5.41) is 15.1. The largest absolute Gasteiger partial charge is 0.353 e. The molecule has 2 saturated carbocycles. The molecule has 1 aliphatic heterocycles. The molecule has 0 radical (unpaired) electrons. The van der Waals surface area contributed by atoms with Crippen LogP contribution in [0.25, 0.3) is 0 Å². The van der Waals surface area contributed by atoms with E-state index >= 15 is 0 Å². The van der Waals surface area contributed by atoms with Crippen molar-refractivity contribution in [1.82, 2.24) is 25.6 Å². The molecule has 0 aromatic carbocycles. The molecule has 0 spiro atoms. The highest BCUT2D eigenvalue weighted by molar-refractivity contribution is 5.95. The van der Waals surface area contributed by atoms with Gasteiger partial charge in [-0.1, -0.05) is 49.4 Å². The van der Waals surface area contributed by atoms with Gasteiger partial charge in [0, 0.05) is 29.4 Å². The third kappa shape index (κ3) is 3.69. The number of amides is 2. The summed E-state index contributed by atoms with van der Waals surface area (Å²) < 4.78 is 1.89. The van der Waals surface area contributed by atoms with E-state index in [-0.39, 0.29) is 28.7 Å². The maximum Gasteiger partial charge on any atom is 0.247 e. The molecule has 2 amide bonds. The molecule has 5 aliphatic rings. The monoisotopic (exact) mass is 489 g/mol. The second-order valence-corrected chi connectivity index (χ2v) is 12.4. The van der Waals surface area contributed by atoms with Crippen LogP contribution in [-0.4, -0.2) is 32.9 Å². The van der Waals surface area contributed by atoms with Crippen LogP contribution in [0.5, 0.6) is 0 Å². The highest BCUT2D eigenvalue weighted by Crippen LogP contribution is 2.64. The van der Waals surface area contributed by atoms with Crippen molar-refractivity contribution < 1.29 is 9.59 Å². The maximum absolute atomic E-state index is 13.4. The van der Waals surface area contributed by atoms with Crippen LogP contribution < -0.4 is 10.6 Å². The Bertz CT molecular complexity index is 1140. The summed E-state index contributed by atoms with van der Waals surface area (Å²) in [6.07, 6.45) is 19.7. The van der Waals surface area contributed by atoms with Gasteiger partial charge in [0.2, 0.25) is 11.8 Å². The van der Waals surface area contributed by atoms with E-state index in [4.69, 9.17) is 0 Å². The fourth-order valence-corrected chi connectivity index (χ4v) is 8.43. The Morgan fingerprint density at radius 2 is 2.00 bits per heavy atom. The molecule has 7 atom stereocenters. The van der Waals surface area contributed by atoms with Crippen molar-refractivity contribution in [3.8, 4) is 0 Å². The molecule has 1 aromatic heterocycles. The Kier molecular flexibility index (Phi) is 5.73. The standard InChI is InChI=1S/C29H39N5O2/c1-18(19-6-4-5-7-19)34-17-20(32-33-34)16-30-27(36)24-10-9-22-21-8-11-25-29(3,15-13-26(35)31-25)23(21)12-14-28(22,24)2/h4-7,10,17-19,21-23,25H,8-9,11-16H2,1-3H3,(H,30,36)(H,31,35)/t18?,21-,22-,23-,25+,28-,29+/m0/s1. The number of rotatable bonds is 5. The van der Waals surface area contributed by atoms with E-state index in [9.17, 15) is 9.59 Å². The van der Waals surface area contributed by atoms with E-state index in [2.05, 4.69) is 72.1 Å². The van der Waals surface area contributed by atoms with Gasteiger partial charge in [-0.3, -0.25) is 9.59 Å². The zero-order valence-electron chi connectivity index (χ0n) is 21.7. The first-order chi connectivity index (χ1) is 17.3.